The summed E-state index contributed by atoms with van der Waals surface area (Å²) < 4.78 is 4.81. The molecule has 0 aromatic carbocycles. The van der Waals surface area contributed by atoms with Gasteiger partial charge in [-0.15, -0.1) is 0 Å². The highest BCUT2D eigenvalue weighted by Crippen LogP contribution is 2.57. The highest BCUT2D eigenvalue weighted by atomic mass is 16.6. The third kappa shape index (κ3) is 1.12. The lowest BCUT2D eigenvalue weighted by Crippen LogP contribution is -2.47. The molecule has 1 spiro atoms. The van der Waals surface area contributed by atoms with Gasteiger partial charge in [0.2, 0.25) is 0 Å². The molecule has 0 aromatic rings. The Morgan fingerprint density at radius 2 is 1.53 bits per heavy atom. The van der Waals surface area contributed by atoms with Crippen LogP contribution in [-0.2, 0) is 14.3 Å². The van der Waals surface area contributed by atoms with Crippen molar-refractivity contribution < 1.29 is 14.3 Å². The summed E-state index contributed by atoms with van der Waals surface area (Å²) in [7, 11) is 0. The van der Waals surface area contributed by atoms with Gasteiger partial charge >= 0.3 is 11.9 Å². The zero-order valence-corrected chi connectivity index (χ0v) is 8.83. The van der Waals surface area contributed by atoms with Gasteiger partial charge < -0.3 is 4.74 Å². The molecule has 2 bridgehead atoms. The molecule has 3 rings (SSSR count). The Balaban J connectivity index is 2.01. The first-order chi connectivity index (χ1) is 7.23. The van der Waals surface area contributed by atoms with E-state index in [0.29, 0.717) is 18.3 Å². The van der Waals surface area contributed by atoms with E-state index in [2.05, 4.69) is 0 Å². The molecular weight excluding hydrogens is 192 g/mol. The number of hydrogen-bond acceptors (Lipinski definition) is 3. The number of carbonyl (C=O) groups excluding carboxylic acids is 2. The fraction of sp³-hybridized carbons (Fsp3) is 0.833. The highest BCUT2D eigenvalue weighted by Gasteiger charge is 2.60. The second-order valence-corrected chi connectivity index (χ2v) is 5.23. The highest BCUT2D eigenvalue weighted by molar-refractivity contribution is 5.98. The monoisotopic (exact) mass is 208 g/mol. The van der Waals surface area contributed by atoms with Crippen LogP contribution in [0.5, 0.6) is 0 Å². The number of ether oxygens (including phenoxy) is 1. The summed E-state index contributed by atoms with van der Waals surface area (Å²) in [4.78, 5) is 23.2. The molecule has 0 atom stereocenters. The van der Waals surface area contributed by atoms with Gasteiger partial charge in [-0.1, -0.05) is 12.8 Å². The Labute approximate surface area is 89.2 Å². The van der Waals surface area contributed by atoms with Gasteiger partial charge in [0.05, 0.1) is 11.8 Å². The van der Waals surface area contributed by atoms with Crippen molar-refractivity contribution in [1.29, 1.82) is 0 Å². The van der Waals surface area contributed by atoms with Crippen molar-refractivity contribution in [1.82, 2.24) is 0 Å². The Morgan fingerprint density at radius 3 is 1.93 bits per heavy atom. The lowest BCUT2D eigenvalue weighted by atomic mass is 9.54. The molecule has 2 saturated carbocycles. The standard InChI is InChI=1S/C12H16O3/c13-10-7-12(11(14)15-10)8-3-1-4-9(12)6-2-5-8/h8-9H,1-7H2. The summed E-state index contributed by atoms with van der Waals surface area (Å²) in [5.74, 6) is 0.341. The second-order valence-electron chi connectivity index (χ2n) is 5.23. The summed E-state index contributed by atoms with van der Waals surface area (Å²) in [6.07, 6.45) is 7.24. The van der Waals surface area contributed by atoms with E-state index in [1.54, 1.807) is 0 Å². The van der Waals surface area contributed by atoms with Crippen LogP contribution in [0.1, 0.15) is 44.9 Å². The Bertz CT molecular complexity index is 299. The third-order valence-electron chi connectivity index (χ3n) is 4.69. The number of cyclic esters (lactones) is 2. The molecule has 3 fully saturated rings. The first-order valence-electron chi connectivity index (χ1n) is 5.98. The molecule has 3 heteroatoms. The van der Waals surface area contributed by atoms with Gasteiger partial charge in [-0.2, -0.15) is 0 Å². The normalized spacial score (nSPS) is 44.5. The van der Waals surface area contributed by atoms with Gasteiger partial charge in [0, 0.05) is 0 Å². The topological polar surface area (TPSA) is 43.4 Å². The number of rotatable bonds is 0. The third-order valence-corrected chi connectivity index (χ3v) is 4.69. The lowest BCUT2D eigenvalue weighted by Gasteiger charge is -2.47. The first-order valence-corrected chi connectivity index (χ1v) is 5.98. The summed E-state index contributed by atoms with van der Waals surface area (Å²) in [6.45, 7) is 0. The van der Waals surface area contributed by atoms with Crippen molar-refractivity contribution in [3.63, 3.8) is 0 Å². The Morgan fingerprint density at radius 1 is 1.00 bits per heavy atom. The van der Waals surface area contributed by atoms with Crippen molar-refractivity contribution in [3.05, 3.63) is 0 Å². The fourth-order valence-corrected chi connectivity index (χ4v) is 4.04. The second kappa shape index (κ2) is 3.06. The van der Waals surface area contributed by atoms with Gasteiger partial charge in [-0.05, 0) is 37.5 Å². The minimum absolute atomic E-state index is 0.207. The van der Waals surface area contributed by atoms with Crippen LogP contribution < -0.4 is 0 Å². The largest absolute Gasteiger partial charge is 0.393 e. The maximum atomic E-state index is 11.9. The van der Waals surface area contributed by atoms with Crippen LogP contribution in [-0.4, -0.2) is 11.9 Å². The molecule has 2 aliphatic carbocycles. The van der Waals surface area contributed by atoms with Crippen LogP contribution in [0.4, 0.5) is 0 Å². The van der Waals surface area contributed by atoms with Gasteiger partial charge in [0.25, 0.3) is 0 Å². The molecule has 0 aromatic heterocycles. The molecule has 3 aliphatic rings. The average molecular weight is 208 g/mol. The van der Waals surface area contributed by atoms with Crippen LogP contribution >= 0.6 is 0 Å². The minimum Gasteiger partial charge on any atom is -0.393 e. The van der Waals surface area contributed by atoms with E-state index in [9.17, 15) is 9.59 Å². The average Bonchev–Trinajstić information content (AvgIpc) is 2.41. The Kier molecular flexibility index (Phi) is 1.91. The summed E-state index contributed by atoms with van der Waals surface area (Å²) >= 11 is 0. The van der Waals surface area contributed by atoms with E-state index in [0.717, 1.165) is 25.7 Å². The van der Waals surface area contributed by atoms with Crippen LogP contribution in [0.15, 0.2) is 0 Å². The smallest absolute Gasteiger partial charge is 0.320 e. The van der Waals surface area contributed by atoms with Crippen LogP contribution in [0.3, 0.4) is 0 Å². The molecule has 0 N–H and O–H groups in total. The molecule has 15 heavy (non-hydrogen) atoms. The van der Waals surface area contributed by atoms with Gasteiger partial charge in [-0.3, -0.25) is 9.59 Å². The van der Waals surface area contributed by atoms with E-state index in [4.69, 9.17) is 4.74 Å². The first kappa shape index (κ1) is 9.37. The SMILES string of the molecule is O=C1CC2(C(=O)O1)C1CCCC2CCC1. The number of carbonyl (C=O) groups is 2. The summed E-state index contributed by atoms with van der Waals surface area (Å²) in [5, 5.41) is 0. The molecule has 1 aliphatic heterocycles. The molecule has 0 unspecified atom stereocenters. The van der Waals surface area contributed by atoms with Crippen molar-refractivity contribution in [2.75, 3.05) is 0 Å². The maximum absolute atomic E-state index is 11.9. The van der Waals surface area contributed by atoms with Crippen molar-refractivity contribution in [2.24, 2.45) is 17.3 Å². The molecular formula is C12H16O3. The quantitative estimate of drug-likeness (QED) is 0.452. The maximum Gasteiger partial charge on any atom is 0.320 e. The van der Waals surface area contributed by atoms with Crippen LogP contribution in [0.2, 0.25) is 0 Å². The molecule has 0 radical (unpaired) electrons. The van der Waals surface area contributed by atoms with Crippen molar-refractivity contribution in [3.8, 4) is 0 Å². The van der Waals surface area contributed by atoms with E-state index in [1.807, 2.05) is 0 Å². The number of esters is 2. The predicted molar refractivity (Wildman–Crippen MR) is 52.8 cm³/mol. The molecule has 0 amide bonds. The molecule has 3 nitrogen and oxygen atoms in total. The van der Waals surface area contributed by atoms with Crippen LogP contribution in [0, 0.1) is 17.3 Å². The summed E-state index contributed by atoms with van der Waals surface area (Å²) in [6, 6.07) is 0. The zero-order valence-electron chi connectivity index (χ0n) is 8.83. The van der Waals surface area contributed by atoms with Crippen molar-refractivity contribution in [2.45, 2.75) is 44.9 Å². The summed E-state index contributed by atoms with van der Waals surface area (Å²) in [5.41, 5.74) is -0.395. The van der Waals surface area contributed by atoms with Gasteiger partial charge in [0.1, 0.15) is 0 Å². The predicted octanol–water partition coefficient (Wildman–Crippen LogP) is 2.05. The minimum atomic E-state index is -0.395. The Hall–Kier alpha value is -0.860. The van der Waals surface area contributed by atoms with E-state index < -0.39 is 5.41 Å². The molecule has 82 valence electrons. The van der Waals surface area contributed by atoms with E-state index in [-0.39, 0.29) is 11.9 Å². The molecule has 1 saturated heterocycles. The lowest BCUT2D eigenvalue weighted by molar-refractivity contribution is -0.161. The molecule has 1 heterocycles. The van der Waals surface area contributed by atoms with Crippen LogP contribution in [0.25, 0.3) is 0 Å². The van der Waals surface area contributed by atoms with E-state index in [1.165, 1.54) is 12.8 Å². The van der Waals surface area contributed by atoms with Crippen molar-refractivity contribution >= 4 is 11.9 Å². The van der Waals surface area contributed by atoms with Gasteiger partial charge in [-0.25, -0.2) is 0 Å². The van der Waals surface area contributed by atoms with E-state index >= 15 is 0 Å². The van der Waals surface area contributed by atoms with Gasteiger partial charge in [0.15, 0.2) is 0 Å². The number of hydrogen-bond donors (Lipinski definition) is 0. The zero-order chi connectivity index (χ0) is 10.5. The fourth-order valence-electron chi connectivity index (χ4n) is 4.04.